The molecule has 1 saturated heterocycles. The Hall–Kier alpha value is -1.26. The quantitative estimate of drug-likeness (QED) is 0.858. The second kappa shape index (κ2) is 6.26. The van der Waals surface area contributed by atoms with Crippen molar-refractivity contribution in [3.63, 3.8) is 0 Å². The number of phenolic OH excluding ortho intramolecular Hbond substituents is 1. The molecule has 0 atom stereocenters. The van der Waals surface area contributed by atoms with Crippen LogP contribution in [0, 0.1) is 6.92 Å². The lowest BCUT2D eigenvalue weighted by atomic mass is 10.1. The van der Waals surface area contributed by atoms with E-state index < -0.39 is 0 Å². The van der Waals surface area contributed by atoms with Crippen molar-refractivity contribution in [2.45, 2.75) is 6.92 Å². The van der Waals surface area contributed by atoms with Gasteiger partial charge in [0, 0.05) is 44.2 Å². The fraction of sp³-hybridized carbons (Fsp3) is 0.500. The first-order chi connectivity index (χ1) is 9.11. The monoisotopic (exact) mass is 282 g/mol. The molecule has 1 aliphatic rings. The minimum absolute atomic E-state index is 0.0358. The molecule has 19 heavy (non-hydrogen) atoms. The van der Waals surface area contributed by atoms with E-state index in [1.54, 1.807) is 25.1 Å². The highest BCUT2D eigenvalue weighted by atomic mass is 35.5. The third-order valence-corrected chi connectivity index (χ3v) is 3.67. The fourth-order valence-corrected chi connectivity index (χ4v) is 2.50. The van der Waals surface area contributed by atoms with Gasteiger partial charge in [0.1, 0.15) is 5.75 Å². The van der Waals surface area contributed by atoms with E-state index in [1.807, 2.05) is 4.90 Å². The second-order valence-electron chi connectivity index (χ2n) is 4.82. The molecule has 0 aliphatic carbocycles. The number of hydrogen-bond acceptors (Lipinski definition) is 3. The van der Waals surface area contributed by atoms with Crippen molar-refractivity contribution in [2.75, 3.05) is 38.6 Å². The lowest BCUT2D eigenvalue weighted by Gasteiger charge is -2.34. The normalized spacial score (nSPS) is 16.6. The molecule has 1 aromatic rings. The Morgan fingerprint density at radius 3 is 2.58 bits per heavy atom. The SMILES string of the molecule is Cc1cc(C(=O)N2CCN(CCCl)CC2)ccc1O. The number of aryl methyl sites for hydroxylation is 1. The number of alkyl halides is 1. The molecule has 0 radical (unpaired) electrons. The predicted octanol–water partition coefficient (Wildman–Crippen LogP) is 1.70. The summed E-state index contributed by atoms with van der Waals surface area (Å²) in [6.07, 6.45) is 0. The van der Waals surface area contributed by atoms with Crippen molar-refractivity contribution in [1.82, 2.24) is 9.80 Å². The average molecular weight is 283 g/mol. The smallest absolute Gasteiger partial charge is 0.253 e. The maximum absolute atomic E-state index is 12.3. The van der Waals surface area contributed by atoms with Gasteiger partial charge in [-0.1, -0.05) is 0 Å². The van der Waals surface area contributed by atoms with Gasteiger partial charge in [-0.3, -0.25) is 9.69 Å². The molecule has 0 bridgehead atoms. The van der Waals surface area contributed by atoms with Gasteiger partial charge in [-0.15, -0.1) is 11.6 Å². The van der Waals surface area contributed by atoms with Crippen LogP contribution in [0.5, 0.6) is 5.75 Å². The summed E-state index contributed by atoms with van der Waals surface area (Å²) in [7, 11) is 0. The van der Waals surface area contributed by atoms with Crippen molar-refractivity contribution in [3.8, 4) is 5.75 Å². The Bertz CT molecular complexity index is 457. The van der Waals surface area contributed by atoms with Crippen molar-refractivity contribution < 1.29 is 9.90 Å². The number of amides is 1. The van der Waals surface area contributed by atoms with Crippen LogP contribution in [0.3, 0.4) is 0 Å². The third kappa shape index (κ3) is 3.39. The van der Waals surface area contributed by atoms with E-state index in [9.17, 15) is 9.90 Å². The molecule has 2 rings (SSSR count). The molecule has 5 heteroatoms. The average Bonchev–Trinajstić information content (AvgIpc) is 2.42. The molecule has 1 N–H and O–H groups in total. The number of piperazine rings is 1. The van der Waals surface area contributed by atoms with E-state index in [0.717, 1.165) is 38.3 Å². The molecule has 1 amide bonds. The number of nitrogens with zero attached hydrogens (tertiary/aromatic N) is 2. The van der Waals surface area contributed by atoms with Crippen molar-refractivity contribution in [2.24, 2.45) is 0 Å². The number of phenols is 1. The zero-order valence-electron chi connectivity index (χ0n) is 11.1. The summed E-state index contributed by atoms with van der Waals surface area (Å²) in [4.78, 5) is 16.4. The number of halogens is 1. The van der Waals surface area contributed by atoms with Crippen molar-refractivity contribution >= 4 is 17.5 Å². The first kappa shape index (κ1) is 14.2. The van der Waals surface area contributed by atoms with Crippen LogP contribution in [-0.2, 0) is 0 Å². The number of carbonyl (C=O) groups excluding carboxylic acids is 1. The number of carbonyl (C=O) groups is 1. The molecule has 1 aromatic carbocycles. The van der Waals surface area contributed by atoms with Gasteiger partial charge in [0.05, 0.1) is 0 Å². The van der Waals surface area contributed by atoms with Gasteiger partial charge in [-0.25, -0.2) is 0 Å². The van der Waals surface area contributed by atoms with Gasteiger partial charge in [0.15, 0.2) is 0 Å². The number of hydrogen-bond donors (Lipinski definition) is 1. The molecule has 104 valence electrons. The summed E-state index contributed by atoms with van der Waals surface area (Å²) >= 11 is 5.72. The largest absolute Gasteiger partial charge is 0.508 e. The van der Waals surface area contributed by atoms with Gasteiger partial charge in [-0.05, 0) is 30.7 Å². The van der Waals surface area contributed by atoms with Crippen molar-refractivity contribution in [3.05, 3.63) is 29.3 Å². The lowest BCUT2D eigenvalue weighted by Crippen LogP contribution is -2.49. The lowest BCUT2D eigenvalue weighted by molar-refractivity contribution is 0.0644. The first-order valence-corrected chi connectivity index (χ1v) is 7.02. The second-order valence-corrected chi connectivity index (χ2v) is 5.20. The Morgan fingerprint density at radius 2 is 2.00 bits per heavy atom. The van der Waals surface area contributed by atoms with Gasteiger partial charge in [0.2, 0.25) is 0 Å². The number of aromatic hydroxyl groups is 1. The molecule has 1 heterocycles. The zero-order chi connectivity index (χ0) is 13.8. The summed E-state index contributed by atoms with van der Waals surface area (Å²) < 4.78 is 0. The zero-order valence-corrected chi connectivity index (χ0v) is 11.9. The topological polar surface area (TPSA) is 43.8 Å². The van der Waals surface area contributed by atoms with E-state index in [1.165, 1.54) is 0 Å². The van der Waals surface area contributed by atoms with E-state index in [4.69, 9.17) is 11.6 Å². The van der Waals surface area contributed by atoms with E-state index in [-0.39, 0.29) is 11.7 Å². The highest BCUT2D eigenvalue weighted by Crippen LogP contribution is 2.18. The summed E-state index contributed by atoms with van der Waals surface area (Å²) in [5.74, 6) is 0.891. The van der Waals surface area contributed by atoms with E-state index in [0.29, 0.717) is 11.4 Å². The van der Waals surface area contributed by atoms with Gasteiger partial charge < -0.3 is 10.0 Å². The highest BCUT2D eigenvalue weighted by Gasteiger charge is 2.21. The van der Waals surface area contributed by atoms with E-state index >= 15 is 0 Å². The minimum atomic E-state index is 0.0358. The molecule has 0 saturated carbocycles. The van der Waals surface area contributed by atoms with Crippen LogP contribution in [0.1, 0.15) is 15.9 Å². The number of rotatable bonds is 3. The Morgan fingerprint density at radius 1 is 1.32 bits per heavy atom. The highest BCUT2D eigenvalue weighted by molar-refractivity contribution is 6.18. The van der Waals surface area contributed by atoms with Crippen LogP contribution in [0.4, 0.5) is 0 Å². The van der Waals surface area contributed by atoms with Crippen molar-refractivity contribution in [1.29, 1.82) is 0 Å². The first-order valence-electron chi connectivity index (χ1n) is 6.49. The van der Waals surface area contributed by atoms with Gasteiger partial charge in [-0.2, -0.15) is 0 Å². The summed E-state index contributed by atoms with van der Waals surface area (Å²) in [5.41, 5.74) is 1.37. The molecular weight excluding hydrogens is 264 g/mol. The van der Waals surface area contributed by atoms with Crippen LogP contribution in [-0.4, -0.2) is 59.4 Å². The minimum Gasteiger partial charge on any atom is -0.508 e. The third-order valence-electron chi connectivity index (χ3n) is 3.50. The molecule has 4 nitrogen and oxygen atoms in total. The maximum atomic E-state index is 12.3. The van der Waals surface area contributed by atoms with Crippen LogP contribution in [0.2, 0.25) is 0 Å². The van der Waals surface area contributed by atoms with Crippen LogP contribution >= 0.6 is 11.6 Å². The van der Waals surface area contributed by atoms with Crippen LogP contribution in [0.15, 0.2) is 18.2 Å². The Balaban J connectivity index is 1.99. The predicted molar refractivity (Wildman–Crippen MR) is 75.9 cm³/mol. The summed E-state index contributed by atoms with van der Waals surface area (Å²) in [6.45, 7) is 5.88. The van der Waals surface area contributed by atoms with Crippen LogP contribution in [0.25, 0.3) is 0 Å². The Kier molecular flexibility index (Phi) is 4.66. The summed E-state index contributed by atoms with van der Waals surface area (Å²) in [5, 5.41) is 9.49. The maximum Gasteiger partial charge on any atom is 0.253 e. The molecule has 0 unspecified atom stereocenters. The Labute approximate surface area is 118 Å². The molecule has 0 spiro atoms. The molecule has 1 aliphatic heterocycles. The van der Waals surface area contributed by atoms with Gasteiger partial charge in [0.25, 0.3) is 5.91 Å². The fourth-order valence-electron chi connectivity index (χ4n) is 2.27. The molecule has 0 aromatic heterocycles. The summed E-state index contributed by atoms with van der Waals surface area (Å²) in [6, 6.07) is 4.99. The molecular formula is C14H19ClN2O2. The van der Waals surface area contributed by atoms with Gasteiger partial charge >= 0.3 is 0 Å². The van der Waals surface area contributed by atoms with E-state index in [2.05, 4.69) is 4.90 Å². The number of benzene rings is 1. The standard InChI is InChI=1S/C14H19ClN2O2/c1-11-10-12(2-3-13(11)18)14(19)17-8-6-16(5-4-15)7-9-17/h2-3,10,18H,4-9H2,1H3. The van der Waals surface area contributed by atoms with Crippen LogP contribution < -0.4 is 0 Å². The molecule has 1 fully saturated rings.